The second-order valence-electron chi connectivity index (χ2n) is 4.13. The van der Waals surface area contributed by atoms with Crippen LogP contribution in [0.2, 0.25) is 0 Å². The molecule has 0 saturated carbocycles. The summed E-state index contributed by atoms with van der Waals surface area (Å²) in [6.07, 6.45) is 0. The van der Waals surface area contributed by atoms with Crippen LogP contribution < -0.4 is 4.74 Å². The molecule has 1 N–H and O–H groups in total. The highest BCUT2D eigenvalue weighted by Crippen LogP contribution is 2.33. The van der Waals surface area contributed by atoms with E-state index in [1.54, 1.807) is 30.3 Å². The van der Waals surface area contributed by atoms with Gasteiger partial charge in [0.2, 0.25) is 0 Å². The van der Waals surface area contributed by atoms with Crippen LogP contribution in [-0.4, -0.2) is 5.11 Å². The van der Waals surface area contributed by atoms with Crippen LogP contribution in [0.4, 0.5) is 4.39 Å². The van der Waals surface area contributed by atoms with Crippen LogP contribution in [0, 0.1) is 5.82 Å². The van der Waals surface area contributed by atoms with E-state index < -0.39 is 0 Å². The minimum Gasteiger partial charge on any atom is -0.507 e. The number of thiophene rings is 1. The quantitative estimate of drug-likeness (QED) is 0.770. The molecule has 4 heteroatoms. The summed E-state index contributed by atoms with van der Waals surface area (Å²) < 4.78 is 19.9. The highest BCUT2D eigenvalue weighted by molar-refractivity contribution is 7.17. The van der Waals surface area contributed by atoms with Crippen molar-refractivity contribution in [1.82, 2.24) is 0 Å². The van der Waals surface area contributed by atoms with Gasteiger partial charge in [-0.15, -0.1) is 11.3 Å². The Balaban J connectivity index is 1.89. The number of ether oxygens (including phenoxy) is 1. The molecule has 0 spiro atoms. The fourth-order valence-electron chi connectivity index (χ4n) is 1.96. The zero-order chi connectivity index (χ0) is 13.2. The van der Waals surface area contributed by atoms with Gasteiger partial charge in [0.15, 0.2) is 11.6 Å². The van der Waals surface area contributed by atoms with Gasteiger partial charge in [0.25, 0.3) is 0 Å². The Morgan fingerprint density at radius 3 is 2.79 bits per heavy atom. The third-order valence-electron chi connectivity index (χ3n) is 2.87. The summed E-state index contributed by atoms with van der Waals surface area (Å²) >= 11 is 1.53. The molecular weight excluding hydrogens is 263 g/mol. The smallest absolute Gasteiger partial charge is 0.165 e. The van der Waals surface area contributed by atoms with Crippen LogP contribution >= 0.6 is 11.3 Å². The van der Waals surface area contributed by atoms with Gasteiger partial charge < -0.3 is 9.84 Å². The van der Waals surface area contributed by atoms with Crippen molar-refractivity contribution in [1.29, 1.82) is 0 Å². The molecule has 3 aromatic rings. The second-order valence-corrected chi connectivity index (χ2v) is 5.04. The average molecular weight is 274 g/mol. The van der Waals surface area contributed by atoms with Crippen molar-refractivity contribution in [2.45, 2.75) is 6.61 Å². The zero-order valence-corrected chi connectivity index (χ0v) is 10.8. The summed E-state index contributed by atoms with van der Waals surface area (Å²) in [4.78, 5) is 0. The molecular formula is C15H11FO2S. The van der Waals surface area contributed by atoms with Gasteiger partial charge >= 0.3 is 0 Å². The first-order valence-corrected chi connectivity index (χ1v) is 6.69. The molecule has 2 nitrogen and oxygen atoms in total. The van der Waals surface area contributed by atoms with E-state index in [1.165, 1.54) is 17.4 Å². The molecule has 0 radical (unpaired) electrons. The standard InChI is InChI=1S/C15H11FO2S/c16-11-4-1-2-6-13(11)18-8-10-9-19-14-7-3-5-12(17)15(10)14/h1-7,9,17H,8H2. The van der Waals surface area contributed by atoms with E-state index in [4.69, 9.17) is 4.74 Å². The molecule has 0 bridgehead atoms. The highest BCUT2D eigenvalue weighted by Gasteiger charge is 2.09. The second kappa shape index (κ2) is 4.90. The molecule has 0 saturated heterocycles. The molecule has 0 atom stereocenters. The maximum absolute atomic E-state index is 13.4. The fraction of sp³-hybridized carbons (Fsp3) is 0.0667. The number of aromatic hydroxyl groups is 1. The normalized spacial score (nSPS) is 10.8. The first-order chi connectivity index (χ1) is 9.25. The Hall–Kier alpha value is -2.07. The highest BCUT2D eigenvalue weighted by atomic mass is 32.1. The minimum atomic E-state index is -0.383. The Bertz CT molecular complexity index is 721. The van der Waals surface area contributed by atoms with Gasteiger partial charge in [-0.1, -0.05) is 18.2 Å². The lowest BCUT2D eigenvalue weighted by Crippen LogP contribution is -1.96. The summed E-state index contributed by atoms with van der Waals surface area (Å²) in [7, 11) is 0. The lowest BCUT2D eigenvalue weighted by Gasteiger charge is -2.06. The van der Waals surface area contributed by atoms with Crippen LogP contribution in [0.3, 0.4) is 0 Å². The Morgan fingerprint density at radius 1 is 1.11 bits per heavy atom. The number of rotatable bonds is 3. The van der Waals surface area contributed by atoms with E-state index >= 15 is 0 Å². The number of fused-ring (bicyclic) bond motifs is 1. The molecule has 0 aliphatic heterocycles. The van der Waals surface area contributed by atoms with Crippen molar-refractivity contribution in [2.24, 2.45) is 0 Å². The van der Waals surface area contributed by atoms with Gasteiger partial charge in [-0.2, -0.15) is 0 Å². The number of hydrogen-bond acceptors (Lipinski definition) is 3. The van der Waals surface area contributed by atoms with Crippen LogP contribution in [0.5, 0.6) is 11.5 Å². The fourth-order valence-corrected chi connectivity index (χ4v) is 2.92. The SMILES string of the molecule is Oc1cccc2scc(COc3ccccc3F)c12. The van der Waals surface area contributed by atoms with E-state index in [1.807, 2.05) is 11.4 Å². The van der Waals surface area contributed by atoms with Crippen molar-refractivity contribution in [3.05, 3.63) is 59.2 Å². The predicted octanol–water partition coefficient (Wildman–Crippen LogP) is 4.33. The van der Waals surface area contributed by atoms with Crippen molar-refractivity contribution < 1.29 is 14.2 Å². The van der Waals surface area contributed by atoms with Crippen LogP contribution in [-0.2, 0) is 6.61 Å². The third-order valence-corrected chi connectivity index (χ3v) is 3.87. The molecule has 0 aliphatic rings. The molecule has 96 valence electrons. The molecule has 2 aromatic carbocycles. The number of phenolic OH excluding ortho intramolecular Hbond substituents is 1. The van der Waals surface area contributed by atoms with Crippen molar-refractivity contribution >= 4 is 21.4 Å². The Morgan fingerprint density at radius 2 is 1.95 bits per heavy atom. The number of benzene rings is 2. The largest absolute Gasteiger partial charge is 0.507 e. The van der Waals surface area contributed by atoms with Crippen LogP contribution in [0.1, 0.15) is 5.56 Å². The van der Waals surface area contributed by atoms with Crippen molar-refractivity contribution in [3.63, 3.8) is 0 Å². The molecule has 19 heavy (non-hydrogen) atoms. The number of para-hydroxylation sites is 1. The van der Waals surface area contributed by atoms with E-state index in [9.17, 15) is 9.50 Å². The topological polar surface area (TPSA) is 29.5 Å². The summed E-state index contributed by atoms with van der Waals surface area (Å²) in [5, 5.41) is 12.6. The van der Waals surface area contributed by atoms with Gasteiger partial charge in [0.05, 0.1) is 0 Å². The number of hydrogen-bond donors (Lipinski definition) is 1. The van der Waals surface area contributed by atoms with E-state index in [0.717, 1.165) is 15.6 Å². The first kappa shape index (κ1) is 12.0. The molecule has 0 aliphatic carbocycles. The molecule has 0 unspecified atom stereocenters. The lowest BCUT2D eigenvalue weighted by atomic mass is 10.1. The summed E-state index contributed by atoms with van der Waals surface area (Å²) in [5.41, 5.74) is 0.862. The number of phenols is 1. The minimum absolute atomic E-state index is 0.220. The third kappa shape index (κ3) is 2.27. The zero-order valence-electron chi connectivity index (χ0n) is 9.97. The predicted molar refractivity (Wildman–Crippen MR) is 74.2 cm³/mol. The lowest BCUT2D eigenvalue weighted by molar-refractivity contribution is 0.291. The molecule has 1 heterocycles. The van der Waals surface area contributed by atoms with Gasteiger partial charge in [0.1, 0.15) is 12.4 Å². The van der Waals surface area contributed by atoms with Crippen molar-refractivity contribution in [2.75, 3.05) is 0 Å². The summed E-state index contributed by atoms with van der Waals surface area (Å²) in [6.45, 7) is 0.235. The maximum atomic E-state index is 13.4. The van der Waals surface area contributed by atoms with E-state index in [-0.39, 0.29) is 23.9 Å². The number of halogens is 1. The Labute approximate surface area is 113 Å². The first-order valence-electron chi connectivity index (χ1n) is 5.81. The van der Waals surface area contributed by atoms with E-state index in [0.29, 0.717) is 0 Å². The molecule has 3 rings (SSSR count). The molecule has 0 fully saturated rings. The summed E-state index contributed by atoms with van der Waals surface area (Å²) in [6, 6.07) is 11.7. The molecule has 1 aromatic heterocycles. The van der Waals surface area contributed by atoms with Crippen molar-refractivity contribution in [3.8, 4) is 11.5 Å². The monoisotopic (exact) mass is 274 g/mol. The van der Waals surface area contributed by atoms with Crippen LogP contribution in [0.15, 0.2) is 47.8 Å². The maximum Gasteiger partial charge on any atom is 0.165 e. The average Bonchev–Trinajstić information content (AvgIpc) is 2.83. The molecule has 0 amide bonds. The summed E-state index contributed by atoms with van der Waals surface area (Å²) in [5.74, 6) is 0.0643. The van der Waals surface area contributed by atoms with Gasteiger partial charge in [0, 0.05) is 15.6 Å². The van der Waals surface area contributed by atoms with Gasteiger partial charge in [-0.05, 0) is 29.6 Å². The Kier molecular flexibility index (Phi) is 3.09. The van der Waals surface area contributed by atoms with Gasteiger partial charge in [-0.25, -0.2) is 4.39 Å². The van der Waals surface area contributed by atoms with Crippen LogP contribution in [0.25, 0.3) is 10.1 Å². The van der Waals surface area contributed by atoms with E-state index in [2.05, 4.69) is 0 Å². The van der Waals surface area contributed by atoms with Gasteiger partial charge in [-0.3, -0.25) is 0 Å².